The van der Waals surface area contributed by atoms with Gasteiger partial charge in [0.15, 0.2) is 8.67 Å². The van der Waals surface area contributed by atoms with E-state index in [1.165, 1.54) is 0 Å². The van der Waals surface area contributed by atoms with Gasteiger partial charge in [-0.05, 0) is 49.9 Å². The molecule has 0 radical (unpaired) electrons. The third-order valence-electron chi connectivity index (χ3n) is 3.73. The molecule has 1 aliphatic rings. The lowest BCUT2D eigenvalue weighted by Crippen LogP contribution is -2.30. The van der Waals surface area contributed by atoms with Crippen LogP contribution in [0.1, 0.15) is 35.4 Å². The van der Waals surface area contributed by atoms with Crippen molar-refractivity contribution in [1.29, 1.82) is 0 Å². The van der Waals surface area contributed by atoms with Crippen LogP contribution in [0, 0.1) is 13.8 Å². The maximum atomic E-state index is 6.35. The molecule has 0 N–H and O–H groups in total. The molecule has 0 saturated carbocycles. The van der Waals surface area contributed by atoms with Gasteiger partial charge in [-0.1, -0.05) is 46.4 Å². The monoisotopic (exact) mass is 348 g/mol. The fourth-order valence-corrected chi connectivity index (χ4v) is 3.28. The first-order chi connectivity index (χ1) is 9.21. The van der Waals surface area contributed by atoms with Crippen LogP contribution >= 0.6 is 46.4 Å². The number of benzene rings is 1. The topological polar surface area (TPSA) is 25.8 Å². The van der Waals surface area contributed by atoms with Gasteiger partial charge in [-0.3, -0.25) is 0 Å². The van der Waals surface area contributed by atoms with Gasteiger partial charge in [0.2, 0.25) is 0 Å². The number of nitrogens with zero attached hydrogens (tertiary/aromatic N) is 2. The van der Waals surface area contributed by atoms with Crippen LogP contribution in [0.15, 0.2) is 12.1 Å². The number of rotatable bonds is 0. The highest BCUT2D eigenvalue weighted by Crippen LogP contribution is 2.53. The van der Waals surface area contributed by atoms with Gasteiger partial charge in [0.05, 0.1) is 11.0 Å². The van der Waals surface area contributed by atoms with Crippen molar-refractivity contribution < 1.29 is 0 Å². The van der Waals surface area contributed by atoms with Crippen molar-refractivity contribution in [2.75, 3.05) is 0 Å². The van der Waals surface area contributed by atoms with E-state index < -0.39 is 8.67 Å². The van der Waals surface area contributed by atoms with Crippen LogP contribution in [0.25, 0.3) is 11.0 Å². The van der Waals surface area contributed by atoms with Gasteiger partial charge in [0.1, 0.15) is 11.4 Å². The van der Waals surface area contributed by atoms with Gasteiger partial charge in [-0.15, -0.1) is 0 Å². The summed E-state index contributed by atoms with van der Waals surface area (Å²) in [4.78, 5) is 9.14. The molecule has 20 heavy (non-hydrogen) atoms. The normalized spacial score (nSPS) is 19.9. The molecule has 1 aromatic heterocycles. The van der Waals surface area contributed by atoms with E-state index in [1.807, 2.05) is 26.0 Å². The highest BCUT2D eigenvalue weighted by Gasteiger charge is 2.46. The number of aryl methyl sites for hydroxylation is 2. The Labute approximate surface area is 137 Å². The first-order valence-electron chi connectivity index (χ1n) is 6.26. The smallest absolute Gasteiger partial charge is 0.161 e. The van der Waals surface area contributed by atoms with Crippen molar-refractivity contribution in [2.45, 2.75) is 35.4 Å². The van der Waals surface area contributed by atoms with Crippen LogP contribution in [-0.4, -0.2) is 9.97 Å². The van der Waals surface area contributed by atoms with Crippen molar-refractivity contribution in [3.63, 3.8) is 0 Å². The number of aromatic nitrogens is 2. The molecular formula is C14H12Cl4N2. The summed E-state index contributed by atoms with van der Waals surface area (Å²) in [7, 11) is 0. The Hall–Kier alpha value is -0.280. The highest BCUT2D eigenvalue weighted by atomic mass is 35.5. The fourth-order valence-electron chi connectivity index (χ4n) is 2.37. The van der Waals surface area contributed by atoms with Crippen LogP contribution in [0.3, 0.4) is 0 Å². The van der Waals surface area contributed by atoms with Crippen molar-refractivity contribution in [3.05, 3.63) is 34.6 Å². The van der Waals surface area contributed by atoms with Gasteiger partial charge >= 0.3 is 0 Å². The van der Waals surface area contributed by atoms with Crippen molar-refractivity contribution in [1.82, 2.24) is 9.97 Å². The number of fused-ring (bicyclic) bond motifs is 2. The lowest BCUT2D eigenvalue weighted by atomic mass is 9.97. The van der Waals surface area contributed by atoms with Crippen molar-refractivity contribution in [3.8, 4) is 0 Å². The molecule has 6 heteroatoms. The zero-order chi connectivity index (χ0) is 14.7. The van der Waals surface area contributed by atoms with Gasteiger partial charge in [0, 0.05) is 0 Å². The summed E-state index contributed by atoms with van der Waals surface area (Å²) >= 11 is 25.4. The second kappa shape index (κ2) is 4.61. The Balaban J connectivity index is 2.36. The maximum absolute atomic E-state index is 6.35. The summed E-state index contributed by atoms with van der Waals surface area (Å²) in [6.07, 6.45) is 0.891. The minimum Gasteiger partial charge on any atom is -0.246 e. The summed E-state index contributed by atoms with van der Waals surface area (Å²) < 4.78 is -2.19. The summed E-state index contributed by atoms with van der Waals surface area (Å²) in [5.74, 6) is 0. The molecule has 0 amide bonds. The summed E-state index contributed by atoms with van der Waals surface area (Å²) in [6, 6.07) is 3.95. The number of hydrogen-bond donors (Lipinski definition) is 0. The summed E-state index contributed by atoms with van der Waals surface area (Å²) in [6.45, 7) is 4.05. The Bertz CT molecular complexity index is 649. The molecule has 106 valence electrons. The average molecular weight is 350 g/mol. The molecule has 0 unspecified atom stereocenters. The first-order valence-corrected chi connectivity index (χ1v) is 7.77. The lowest BCUT2D eigenvalue weighted by molar-refractivity contribution is 0.551. The summed E-state index contributed by atoms with van der Waals surface area (Å²) in [5.41, 5.74) is 4.72. The molecule has 1 aromatic carbocycles. The molecule has 1 heterocycles. The van der Waals surface area contributed by atoms with Crippen LogP contribution in [0.5, 0.6) is 0 Å². The minimum atomic E-state index is -1.09. The predicted molar refractivity (Wildman–Crippen MR) is 85.0 cm³/mol. The van der Waals surface area contributed by atoms with E-state index >= 15 is 0 Å². The molecule has 0 atom stereocenters. The van der Waals surface area contributed by atoms with Crippen LogP contribution in [0.2, 0.25) is 0 Å². The van der Waals surface area contributed by atoms with E-state index in [2.05, 4.69) is 9.97 Å². The SMILES string of the molecule is Cc1cc2nc3c(nc2cc1C)C(Cl)(Cl)CCC3(Cl)Cl. The standard InChI is InChI=1S/C14H12Cl4N2/c1-7-5-9-10(6-8(7)2)20-12-11(19-9)13(15,16)3-4-14(12,17)18/h5-6H,3-4H2,1-2H3. The van der Waals surface area contributed by atoms with E-state index in [0.717, 1.165) is 22.2 Å². The molecule has 3 rings (SSSR count). The molecule has 0 aliphatic heterocycles. The van der Waals surface area contributed by atoms with E-state index in [9.17, 15) is 0 Å². The largest absolute Gasteiger partial charge is 0.246 e. The third kappa shape index (κ3) is 2.27. The molecule has 2 aromatic rings. The quantitative estimate of drug-likeness (QED) is 0.603. The van der Waals surface area contributed by atoms with Crippen molar-refractivity contribution >= 4 is 57.4 Å². The Morgan fingerprint density at radius 1 is 0.800 bits per heavy atom. The lowest BCUT2D eigenvalue weighted by Gasteiger charge is -2.33. The number of hydrogen-bond acceptors (Lipinski definition) is 2. The third-order valence-corrected chi connectivity index (χ3v) is 5.20. The molecule has 0 bridgehead atoms. The van der Waals surface area contributed by atoms with Crippen molar-refractivity contribution in [2.24, 2.45) is 0 Å². The second-order valence-corrected chi connectivity index (χ2v) is 8.22. The number of halogens is 4. The predicted octanol–water partition coefficient (Wildman–Crippen LogP) is 5.30. The summed E-state index contributed by atoms with van der Waals surface area (Å²) in [5, 5.41) is 0. The van der Waals surface area contributed by atoms with Gasteiger partial charge in [-0.2, -0.15) is 0 Å². The van der Waals surface area contributed by atoms with Gasteiger partial charge in [0.25, 0.3) is 0 Å². The second-order valence-electron chi connectivity index (χ2n) is 5.25. The Morgan fingerprint density at radius 2 is 1.15 bits per heavy atom. The fraction of sp³-hybridized carbons (Fsp3) is 0.429. The number of alkyl halides is 4. The first kappa shape index (κ1) is 14.6. The average Bonchev–Trinajstić information content (AvgIpc) is 2.35. The highest BCUT2D eigenvalue weighted by molar-refractivity contribution is 6.51. The molecule has 0 fully saturated rings. The van der Waals surface area contributed by atoms with Gasteiger partial charge < -0.3 is 0 Å². The van der Waals surface area contributed by atoms with Crippen LogP contribution < -0.4 is 0 Å². The molecule has 0 saturated heterocycles. The zero-order valence-electron chi connectivity index (χ0n) is 11.0. The maximum Gasteiger partial charge on any atom is 0.161 e. The molecule has 2 nitrogen and oxygen atoms in total. The Morgan fingerprint density at radius 3 is 1.50 bits per heavy atom. The minimum absolute atomic E-state index is 0.446. The van der Waals surface area contributed by atoms with E-state index in [0.29, 0.717) is 24.2 Å². The van der Waals surface area contributed by atoms with E-state index in [-0.39, 0.29) is 0 Å². The zero-order valence-corrected chi connectivity index (χ0v) is 14.0. The van der Waals surface area contributed by atoms with E-state index in [1.54, 1.807) is 0 Å². The molecular weight excluding hydrogens is 338 g/mol. The van der Waals surface area contributed by atoms with Crippen LogP contribution in [0.4, 0.5) is 0 Å². The Kier molecular flexibility index (Phi) is 3.37. The molecule has 1 aliphatic carbocycles. The molecule has 0 spiro atoms. The van der Waals surface area contributed by atoms with E-state index in [4.69, 9.17) is 46.4 Å². The van der Waals surface area contributed by atoms with Gasteiger partial charge in [-0.25, -0.2) is 9.97 Å². The van der Waals surface area contributed by atoms with Crippen LogP contribution in [-0.2, 0) is 8.67 Å².